The maximum Gasteiger partial charge on any atom is 0.322 e. The highest BCUT2D eigenvalue weighted by Gasteiger charge is 2.37. The molecule has 0 saturated carbocycles. The van der Waals surface area contributed by atoms with E-state index in [9.17, 15) is 9.59 Å². The van der Waals surface area contributed by atoms with Gasteiger partial charge in [-0.3, -0.25) is 9.59 Å². The van der Waals surface area contributed by atoms with Crippen LogP contribution in [0, 0.1) is 0 Å². The summed E-state index contributed by atoms with van der Waals surface area (Å²) >= 11 is 11.9. The van der Waals surface area contributed by atoms with Crippen molar-refractivity contribution in [1.29, 1.82) is 0 Å². The number of carboxylic acid groups (broad SMARTS) is 1. The molecule has 1 rings (SSSR count). The molecule has 0 aliphatic carbocycles. The Hall–Kier alpha value is -1.26. The summed E-state index contributed by atoms with van der Waals surface area (Å²) in [4.78, 5) is 23.0. The van der Waals surface area contributed by atoms with Crippen LogP contribution >= 0.6 is 23.2 Å². The lowest BCUT2D eigenvalue weighted by atomic mass is 9.75. The molecule has 0 aromatic heterocycles. The van der Waals surface area contributed by atoms with Crippen molar-refractivity contribution in [2.75, 3.05) is 6.54 Å². The summed E-state index contributed by atoms with van der Waals surface area (Å²) in [5.41, 5.74) is -0.0660. The molecule has 1 amide bonds. The SMILES string of the molecule is CCC(CC)(C(=O)NCC(=O)O)c1ccc(Cl)c(Cl)c1. The number of hydrogen-bond donors (Lipinski definition) is 2. The van der Waals surface area contributed by atoms with Crippen molar-refractivity contribution in [3.63, 3.8) is 0 Å². The fraction of sp³-hybridized carbons (Fsp3) is 0.429. The van der Waals surface area contributed by atoms with Crippen molar-refractivity contribution in [1.82, 2.24) is 5.32 Å². The van der Waals surface area contributed by atoms with Crippen LogP contribution in [0.3, 0.4) is 0 Å². The number of hydrogen-bond acceptors (Lipinski definition) is 2. The third-order valence-corrected chi connectivity index (χ3v) is 4.25. The molecule has 2 N–H and O–H groups in total. The number of benzene rings is 1. The molecule has 1 aromatic rings. The molecule has 6 heteroatoms. The molecule has 0 aliphatic rings. The standard InChI is InChI=1S/C14H17Cl2NO3/c1-3-14(4-2,13(20)17-8-12(18)19)9-5-6-10(15)11(16)7-9/h5-7H,3-4,8H2,1-2H3,(H,17,20)(H,18,19). The van der Waals surface area contributed by atoms with Gasteiger partial charge in [-0.1, -0.05) is 43.1 Å². The Balaban J connectivity index is 3.16. The number of carboxylic acids is 1. The Morgan fingerprint density at radius 3 is 2.25 bits per heavy atom. The van der Waals surface area contributed by atoms with E-state index in [2.05, 4.69) is 5.32 Å². The number of amides is 1. The highest BCUT2D eigenvalue weighted by Crippen LogP contribution is 2.35. The molecule has 0 atom stereocenters. The summed E-state index contributed by atoms with van der Waals surface area (Å²) in [6.45, 7) is 3.36. The molecule has 0 fully saturated rings. The fourth-order valence-electron chi connectivity index (χ4n) is 2.23. The smallest absolute Gasteiger partial charge is 0.322 e. The summed E-state index contributed by atoms with van der Waals surface area (Å²) in [5.74, 6) is -1.39. The van der Waals surface area contributed by atoms with Gasteiger partial charge in [-0.25, -0.2) is 0 Å². The van der Waals surface area contributed by atoms with Crippen molar-refractivity contribution in [3.05, 3.63) is 33.8 Å². The second-order valence-electron chi connectivity index (χ2n) is 4.49. The molecule has 20 heavy (non-hydrogen) atoms. The van der Waals surface area contributed by atoms with E-state index in [-0.39, 0.29) is 5.91 Å². The number of nitrogens with one attached hydrogen (secondary N) is 1. The fourth-order valence-corrected chi connectivity index (χ4v) is 2.53. The quantitative estimate of drug-likeness (QED) is 0.846. The number of rotatable bonds is 6. The zero-order chi connectivity index (χ0) is 15.3. The van der Waals surface area contributed by atoms with Crippen LogP contribution in [0.5, 0.6) is 0 Å². The van der Waals surface area contributed by atoms with Crippen LogP contribution < -0.4 is 5.32 Å². The lowest BCUT2D eigenvalue weighted by Gasteiger charge is -2.31. The molecular formula is C14H17Cl2NO3. The average molecular weight is 318 g/mol. The zero-order valence-corrected chi connectivity index (χ0v) is 12.9. The summed E-state index contributed by atoms with van der Waals surface area (Å²) in [7, 11) is 0. The van der Waals surface area contributed by atoms with Crippen LogP contribution in [-0.4, -0.2) is 23.5 Å². The van der Waals surface area contributed by atoms with Crippen molar-refractivity contribution < 1.29 is 14.7 Å². The lowest BCUT2D eigenvalue weighted by Crippen LogP contribution is -2.45. The zero-order valence-electron chi connectivity index (χ0n) is 11.4. The highest BCUT2D eigenvalue weighted by atomic mass is 35.5. The van der Waals surface area contributed by atoms with Crippen molar-refractivity contribution >= 4 is 35.1 Å². The first-order valence-corrected chi connectivity index (χ1v) is 7.08. The van der Waals surface area contributed by atoms with E-state index in [1.54, 1.807) is 18.2 Å². The van der Waals surface area contributed by atoms with Gasteiger partial charge in [-0.05, 0) is 30.5 Å². The molecule has 0 unspecified atom stereocenters. The predicted octanol–water partition coefficient (Wildman–Crippen LogP) is 3.25. The Kier molecular flexibility index (Phi) is 5.84. The summed E-state index contributed by atoms with van der Waals surface area (Å²) in [6, 6.07) is 5.06. The minimum absolute atomic E-state index is 0.316. The van der Waals surface area contributed by atoms with E-state index in [4.69, 9.17) is 28.3 Å². The van der Waals surface area contributed by atoms with Crippen molar-refractivity contribution in [2.24, 2.45) is 0 Å². The number of carbonyl (C=O) groups excluding carboxylic acids is 1. The van der Waals surface area contributed by atoms with Gasteiger partial charge in [0.1, 0.15) is 6.54 Å². The van der Waals surface area contributed by atoms with Crippen LogP contribution in [0.25, 0.3) is 0 Å². The van der Waals surface area contributed by atoms with Crippen LogP contribution in [0.15, 0.2) is 18.2 Å². The summed E-state index contributed by atoms with van der Waals surface area (Å²) in [5, 5.41) is 11.9. The summed E-state index contributed by atoms with van der Waals surface area (Å²) in [6.07, 6.45) is 1.07. The largest absolute Gasteiger partial charge is 0.480 e. The van der Waals surface area contributed by atoms with Crippen molar-refractivity contribution in [3.8, 4) is 0 Å². The third-order valence-electron chi connectivity index (χ3n) is 3.51. The van der Waals surface area contributed by atoms with Gasteiger partial charge in [-0.2, -0.15) is 0 Å². The van der Waals surface area contributed by atoms with E-state index in [0.29, 0.717) is 22.9 Å². The van der Waals surface area contributed by atoms with E-state index in [1.165, 1.54) is 0 Å². The molecule has 1 aromatic carbocycles. The topological polar surface area (TPSA) is 66.4 Å². The summed E-state index contributed by atoms with van der Waals surface area (Å²) < 4.78 is 0. The lowest BCUT2D eigenvalue weighted by molar-refractivity contribution is -0.139. The first-order valence-electron chi connectivity index (χ1n) is 6.33. The maximum atomic E-state index is 12.4. The Bertz CT molecular complexity index is 513. The molecule has 0 radical (unpaired) electrons. The Labute approximate surface area is 128 Å². The second-order valence-corrected chi connectivity index (χ2v) is 5.31. The number of carbonyl (C=O) groups is 2. The third kappa shape index (κ3) is 3.44. The number of halogens is 2. The normalized spacial score (nSPS) is 11.2. The van der Waals surface area contributed by atoms with Crippen LogP contribution in [-0.2, 0) is 15.0 Å². The molecule has 0 spiro atoms. The van der Waals surface area contributed by atoms with Gasteiger partial charge in [-0.15, -0.1) is 0 Å². The van der Waals surface area contributed by atoms with Gasteiger partial charge in [0.2, 0.25) is 5.91 Å². The predicted molar refractivity (Wildman–Crippen MR) is 79.4 cm³/mol. The first-order chi connectivity index (χ1) is 9.37. The van der Waals surface area contributed by atoms with E-state index >= 15 is 0 Å². The van der Waals surface area contributed by atoms with Crippen LogP contribution in [0.1, 0.15) is 32.3 Å². The van der Waals surface area contributed by atoms with Crippen LogP contribution in [0.4, 0.5) is 0 Å². The molecule has 0 bridgehead atoms. The molecular weight excluding hydrogens is 301 g/mol. The average Bonchev–Trinajstić information content (AvgIpc) is 2.42. The van der Waals surface area contributed by atoms with Gasteiger partial charge in [0.25, 0.3) is 0 Å². The van der Waals surface area contributed by atoms with Crippen molar-refractivity contribution in [2.45, 2.75) is 32.1 Å². The van der Waals surface area contributed by atoms with Crippen LogP contribution in [0.2, 0.25) is 10.0 Å². The van der Waals surface area contributed by atoms with Gasteiger partial charge < -0.3 is 10.4 Å². The maximum absolute atomic E-state index is 12.4. The Morgan fingerprint density at radius 1 is 1.20 bits per heavy atom. The van der Waals surface area contributed by atoms with E-state index in [1.807, 2.05) is 13.8 Å². The van der Waals surface area contributed by atoms with Gasteiger partial charge >= 0.3 is 5.97 Å². The molecule has 4 nitrogen and oxygen atoms in total. The van der Waals surface area contributed by atoms with Gasteiger partial charge in [0.15, 0.2) is 0 Å². The van der Waals surface area contributed by atoms with Gasteiger partial charge in [0, 0.05) is 0 Å². The highest BCUT2D eigenvalue weighted by molar-refractivity contribution is 6.42. The Morgan fingerprint density at radius 2 is 1.80 bits per heavy atom. The monoisotopic (exact) mass is 317 g/mol. The molecule has 0 aliphatic heterocycles. The second kappa shape index (κ2) is 6.95. The first kappa shape index (κ1) is 16.8. The molecule has 110 valence electrons. The van der Waals surface area contributed by atoms with Gasteiger partial charge in [0.05, 0.1) is 15.5 Å². The van der Waals surface area contributed by atoms with E-state index < -0.39 is 17.9 Å². The molecule has 0 saturated heterocycles. The minimum atomic E-state index is -1.08. The number of aliphatic carboxylic acids is 1. The molecule has 0 heterocycles. The minimum Gasteiger partial charge on any atom is -0.480 e. The van der Waals surface area contributed by atoms with E-state index in [0.717, 1.165) is 5.56 Å².